The molecule has 0 saturated carbocycles. The Labute approximate surface area is 108 Å². The quantitative estimate of drug-likeness (QED) is 0.837. The van der Waals surface area contributed by atoms with Crippen molar-refractivity contribution in [1.29, 1.82) is 0 Å². The van der Waals surface area contributed by atoms with Crippen LogP contribution in [-0.4, -0.2) is 38.8 Å². The number of hydrogen-bond acceptors (Lipinski definition) is 5. The number of aromatic nitrogens is 2. The fraction of sp³-hybridized carbons (Fsp3) is 0.846. The number of likely N-dealkylation sites (tertiary alicyclic amines) is 1. The molecule has 2 heterocycles. The van der Waals surface area contributed by atoms with Gasteiger partial charge in [-0.05, 0) is 39.2 Å². The minimum Gasteiger partial charge on any atom is -0.393 e. The minimum atomic E-state index is -0.239. The molecule has 0 spiro atoms. The lowest BCUT2D eigenvalue weighted by Gasteiger charge is -2.23. The Bertz CT molecular complexity index is 365. The molecule has 1 fully saturated rings. The van der Waals surface area contributed by atoms with Gasteiger partial charge in [0.1, 0.15) is 0 Å². The van der Waals surface area contributed by atoms with Crippen LogP contribution in [0.5, 0.6) is 0 Å². The molecular weight excluding hydrogens is 230 g/mol. The number of hydrogen-bond donors (Lipinski definition) is 1. The van der Waals surface area contributed by atoms with Crippen LogP contribution in [0.2, 0.25) is 0 Å². The van der Waals surface area contributed by atoms with Crippen LogP contribution in [0.1, 0.15) is 51.2 Å². The average molecular weight is 253 g/mol. The monoisotopic (exact) mass is 253 g/mol. The first-order valence-corrected chi connectivity index (χ1v) is 6.92. The molecule has 0 aromatic carbocycles. The Hall–Kier alpha value is -0.940. The summed E-state index contributed by atoms with van der Waals surface area (Å²) in [5.41, 5.74) is 0. The number of rotatable bonds is 6. The highest BCUT2D eigenvalue weighted by Gasteiger charge is 2.26. The second-order valence-electron chi connectivity index (χ2n) is 5.21. The van der Waals surface area contributed by atoms with Gasteiger partial charge < -0.3 is 9.63 Å². The maximum Gasteiger partial charge on any atom is 0.226 e. The van der Waals surface area contributed by atoms with Gasteiger partial charge in [0.15, 0.2) is 5.82 Å². The zero-order valence-electron chi connectivity index (χ0n) is 11.3. The van der Waals surface area contributed by atoms with Gasteiger partial charge in [0, 0.05) is 12.5 Å². The molecule has 1 aliphatic rings. The molecule has 5 heteroatoms. The predicted octanol–water partition coefficient (Wildman–Crippen LogP) is 1.76. The summed E-state index contributed by atoms with van der Waals surface area (Å²) >= 11 is 0. The van der Waals surface area contributed by atoms with Crippen LogP contribution in [-0.2, 0) is 13.0 Å². The average Bonchev–Trinajstić information content (AvgIpc) is 2.90. The molecule has 18 heavy (non-hydrogen) atoms. The van der Waals surface area contributed by atoms with Gasteiger partial charge in [-0.25, -0.2) is 0 Å². The summed E-state index contributed by atoms with van der Waals surface area (Å²) in [5.74, 6) is 1.51. The number of aliphatic hydroxyl groups excluding tert-OH is 1. The van der Waals surface area contributed by atoms with Gasteiger partial charge in [-0.15, -0.1) is 0 Å². The zero-order valence-corrected chi connectivity index (χ0v) is 11.3. The molecule has 1 aliphatic heterocycles. The van der Waals surface area contributed by atoms with E-state index in [0.29, 0.717) is 6.04 Å². The van der Waals surface area contributed by atoms with Crippen LogP contribution in [0.15, 0.2) is 4.52 Å². The van der Waals surface area contributed by atoms with Crippen molar-refractivity contribution in [3.63, 3.8) is 0 Å². The van der Waals surface area contributed by atoms with Gasteiger partial charge in [0.25, 0.3) is 0 Å². The molecule has 0 radical (unpaired) electrons. The van der Waals surface area contributed by atoms with E-state index in [0.717, 1.165) is 50.5 Å². The van der Waals surface area contributed by atoms with E-state index in [4.69, 9.17) is 4.52 Å². The lowest BCUT2D eigenvalue weighted by molar-refractivity contribution is 0.129. The minimum absolute atomic E-state index is 0.239. The maximum absolute atomic E-state index is 9.49. The molecule has 2 unspecified atom stereocenters. The summed E-state index contributed by atoms with van der Waals surface area (Å²) in [5, 5.41) is 13.5. The van der Waals surface area contributed by atoms with Crippen molar-refractivity contribution in [2.75, 3.05) is 6.54 Å². The molecule has 1 aromatic heterocycles. The summed E-state index contributed by atoms with van der Waals surface area (Å²) in [6, 6.07) is 0.457. The van der Waals surface area contributed by atoms with Crippen molar-refractivity contribution in [2.24, 2.45) is 0 Å². The van der Waals surface area contributed by atoms with E-state index in [9.17, 15) is 5.11 Å². The van der Waals surface area contributed by atoms with Crippen LogP contribution in [0, 0.1) is 0 Å². The summed E-state index contributed by atoms with van der Waals surface area (Å²) in [6.07, 6.45) is 4.82. The second kappa shape index (κ2) is 6.29. The summed E-state index contributed by atoms with van der Waals surface area (Å²) in [6.45, 7) is 5.76. The molecule has 5 nitrogen and oxygen atoms in total. The third-order valence-corrected chi connectivity index (χ3v) is 3.43. The van der Waals surface area contributed by atoms with E-state index in [1.807, 2.05) is 6.92 Å². The summed E-state index contributed by atoms with van der Waals surface area (Å²) in [7, 11) is 0. The Morgan fingerprint density at radius 1 is 1.56 bits per heavy atom. The normalized spacial score (nSPS) is 22.5. The van der Waals surface area contributed by atoms with Gasteiger partial charge in [-0.2, -0.15) is 4.98 Å². The van der Waals surface area contributed by atoms with E-state index in [1.54, 1.807) is 0 Å². The Morgan fingerprint density at radius 2 is 2.39 bits per heavy atom. The molecule has 1 saturated heterocycles. The third-order valence-electron chi connectivity index (χ3n) is 3.43. The molecule has 1 N–H and O–H groups in total. The van der Waals surface area contributed by atoms with Crippen molar-refractivity contribution in [2.45, 2.75) is 64.6 Å². The second-order valence-corrected chi connectivity index (χ2v) is 5.21. The number of aliphatic hydroxyl groups is 1. The third kappa shape index (κ3) is 3.53. The van der Waals surface area contributed by atoms with Crippen molar-refractivity contribution in [3.8, 4) is 0 Å². The van der Waals surface area contributed by atoms with Gasteiger partial charge >= 0.3 is 0 Å². The SMILES string of the molecule is CCCc1nc(CN2CCCC2CC(C)O)no1. The van der Waals surface area contributed by atoms with E-state index >= 15 is 0 Å². The van der Waals surface area contributed by atoms with Crippen molar-refractivity contribution in [1.82, 2.24) is 15.0 Å². The highest BCUT2D eigenvalue weighted by molar-refractivity contribution is 4.90. The number of nitrogens with zero attached hydrogens (tertiary/aromatic N) is 3. The lowest BCUT2D eigenvalue weighted by Crippen LogP contribution is -2.31. The highest BCUT2D eigenvalue weighted by atomic mass is 16.5. The largest absolute Gasteiger partial charge is 0.393 e. The topological polar surface area (TPSA) is 62.4 Å². The molecule has 0 amide bonds. The molecule has 102 valence electrons. The van der Waals surface area contributed by atoms with Gasteiger partial charge in [-0.1, -0.05) is 12.1 Å². The molecule has 0 bridgehead atoms. The summed E-state index contributed by atoms with van der Waals surface area (Å²) < 4.78 is 5.19. The van der Waals surface area contributed by atoms with Crippen LogP contribution >= 0.6 is 0 Å². The molecule has 1 aromatic rings. The van der Waals surface area contributed by atoms with E-state index in [1.165, 1.54) is 6.42 Å². The van der Waals surface area contributed by atoms with E-state index in [2.05, 4.69) is 22.0 Å². The van der Waals surface area contributed by atoms with Crippen LogP contribution in [0.4, 0.5) is 0 Å². The Morgan fingerprint density at radius 3 is 3.11 bits per heavy atom. The number of aryl methyl sites for hydroxylation is 1. The molecule has 2 atom stereocenters. The van der Waals surface area contributed by atoms with Gasteiger partial charge in [0.05, 0.1) is 12.6 Å². The van der Waals surface area contributed by atoms with Crippen molar-refractivity contribution >= 4 is 0 Å². The van der Waals surface area contributed by atoms with Crippen LogP contribution in [0.3, 0.4) is 0 Å². The summed E-state index contributed by atoms with van der Waals surface area (Å²) in [4.78, 5) is 6.75. The first-order chi connectivity index (χ1) is 8.69. The first kappa shape index (κ1) is 13.5. The van der Waals surface area contributed by atoms with Crippen molar-refractivity contribution in [3.05, 3.63) is 11.7 Å². The van der Waals surface area contributed by atoms with Crippen LogP contribution < -0.4 is 0 Å². The predicted molar refractivity (Wildman–Crippen MR) is 68.0 cm³/mol. The maximum atomic E-state index is 9.49. The standard InChI is InChI=1S/C13H23N3O2/c1-3-5-13-14-12(15-18-13)9-16-7-4-6-11(16)8-10(2)17/h10-11,17H,3-9H2,1-2H3. The van der Waals surface area contributed by atoms with E-state index < -0.39 is 0 Å². The molecular formula is C13H23N3O2. The zero-order chi connectivity index (χ0) is 13.0. The molecule has 2 rings (SSSR count). The van der Waals surface area contributed by atoms with Gasteiger partial charge in [-0.3, -0.25) is 4.90 Å². The highest BCUT2D eigenvalue weighted by Crippen LogP contribution is 2.22. The molecule has 0 aliphatic carbocycles. The van der Waals surface area contributed by atoms with E-state index in [-0.39, 0.29) is 6.10 Å². The van der Waals surface area contributed by atoms with Crippen LogP contribution in [0.25, 0.3) is 0 Å². The Balaban J connectivity index is 1.90. The first-order valence-electron chi connectivity index (χ1n) is 6.92. The fourth-order valence-electron chi connectivity index (χ4n) is 2.62. The fourth-order valence-corrected chi connectivity index (χ4v) is 2.62. The van der Waals surface area contributed by atoms with Crippen molar-refractivity contribution < 1.29 is 9.63 Å². The Kier molecular flexibility index (Phi) is 4.72. The lowest BCUT2D eigenvalue weighted by atomic mass is 10.1. The van der Waals surface area contributed by atoms with Gasteiger partial charge in [0.2, 0.25) is 5.89 Å². The smallest absolute Gasteiger partial charge is 0.226 e.